The third-order valence-corrected chi connectivity index (χ3v) is 4.92. The highest BCUT2D eigenvalue weighted by Crippen LogP contribution is 2.28. The van der Waals surface area contributed by atoms with Crippen molar-refractivity contribution < 1.29 is 14.4 Å². The first-order chi connectivity index (χ1) is 13.9. The van der Waals surface area contributed by atoms with Gasteiger partial charge in [-0.1, -0.05) is 39.3 Å². The third kappa shape index (κ3) is 8.26. The predicted molar refractivity (Wildman–Crippen MR) is 114 cm³/mol. The first kappa shape index (κ1) is 22.9. The van der Waals surface area contributed by atoms with E-state index in [1.807, 2.05) is 12.1 Å². The zero-order chi connectivity index (χ0) is 21.2. The number of unbranched alkanes of at least 4 members (excludes halogenated alkanes) is 1. The Bertz CT molecular complexity index is 681. The van der Waals surface area contributed by atoms with Crippen LogP contribution in [0.4, 0.5) is 0 Å². The van der Waals surface area contributed by atoms with Crippen LogP contribution in [0.3, 0.4) is 0 Å². The van der Waals surface area contributed by atoms with Crippen LogP contribution in [0.15, 0.2) is 24.3 Å². The molecule has 1 radical (unpaired) electrons. The van der Waals surface area contributed by atoms with Crippen molar-refractivity contribution in [2.75, 3.05) is 6.54 Å². The number of amides is 3. The van der Waals surface area contributed by atoms with Crippen LogP contribution >= 0.6 is 0 Å². The average molecular weight is 401 g/mol. The second-order valence-electron chi connectivity index (χ2n) is 8.19. The number of rotatable bonds is 12. The van der Waals surface area contributed by atoms with Gasteiger partial charge in [-0.2, -0.15) is 0 Å². The van der Waals surface area contributed by atoms with Gasteiger partial charge in [-0.15, -0.1) is 0 Å². The minimum absolute atomic E-state index is 0.0523. The SMILES string of the molecule is CCCCc1ccc(C(=O)N[C@@H](CNC(=O)C2CC2)C(=O)N[CH]CC(C)C)cc1. The fourth-order valence-electron chi connectivity index (χ4n) is 2.84. The van der Waals surface area contributed by atoms with Crippen molar-refractivity contribution in [3.05, 3.63) is 41.9 Å². The van der Waals surface area contributed by atoms with Crippen molar-refractivity contribution in [2.45, 2.75) is 65.3 Å². The van der Waals surface area contributed by atoms with E-state index >= 15 is 0 Å². The topological polar surface area (TPSA) is 87.3 Å². The van der Waals surface area contributed by atoms with Gasteiger partial charge in [-0.3, -0.25) is 14.4 Å². The number of carbonyl (C=O) groups is 3. The Morgan fingerprint density at radius 2 is 1.83 bits per heavy atom. The summed E-state index contributed by atoms with van der Waals surface area (Å²) in [4.78, 5) is 37.1. The lowest BCUT2D eigenvalue weighted by Crippen LogP contribution is -2.52. The van der Waals surface area contributed by atoms with Crippen molar-refractivity contribution >= 4 is 17.7 Å². The Hall–Kier alpha value is -2.37. The van der Waals surface area contributed by atoms with Gasteiger partial charge in [0.1, 0.15) is 6.04 Å². The van der Waals surface area contributed by atoms with Gasteiger partial charge in [-0.05, 0) is 55.7 Å². The lowest BCUT2D eigenvalue weighted by Gasteiger charge is -2.19. The molecule has 159 valence electrons. The van der Waals surface area contributed by atoms with E-state index in [0.29, 0.717) is 11.5 Å². The van der Waals surface area contributed by atoms with Gasteiger partial charge in [0, 0.05) is 24.6 Å². The molecule has 3 N–H and O–H groups in total. The van der Waals surface area contributed by atoms with Crippen LogP contribution in [0.2, 0.25) is 0 Å². The highest BCUT2D eigenvalue weighted by atomic mass is 16.2. The van der Waals surface area contributed by atoms with Crippen LogP contribution in [0.5, 0.6) is 0 Å². The molecule has 6 nitrogen and oxygen atoms in total. The summed E-state index contributed by atoms with van der Waals surface area (Å²) in [6, 6.07) is 6.63. The maximum absolute atomic E-state index is 12.6. The Labute approximate surface area is 174 Å². The fourth-order valence-corrected chi connectivity index (χ4v) is 2.84. The lowest BCUT2D eigenvalue weighted by molar-refractivity contribution is -0.124. The summed E-state index contributed by atoms with van der Waals surface area (Å²) in [5, 5.41) is 8.29. The van der Waals surface area contributed by atoms with E-state index in [1.54, 1.807) is 18.7 Å². The summed E-state index contributed by atoms with van der Waals surface area (Å²) in [7, 11) is 0. The van der Waals surface area contributed by atoms with Gasteiger partial charge in [0.05, 0.1) is 0 Å². The number of hydrogen-bond acceptors (Lipinski definition) is 3. The third-order valence-electron chi connectivity index (χ3n) is 4.92. The van der Waals surface area contributed by atoms with Crippen molar-refractivity contribution in [3.63, 3.8) is 0 Å². The second-order valence-corrected chi connectivity index (χ2v) is 8.19. The van der Waals surface area contributed by atoms with Crippen LogP contribution in [0.25, 0.3) is 0 Å². The summed E-state index contributed by atoms with van der Waals surface area (Å²) in [6.07, 6.45) is 5.74. The molecule has 1 fully saturated rings. The Morgan fingerprint density at radius 1 is 1.14 bits per heavy atom. The minimum atomic E-state index is -0.826. The molecule has 1 aliphatic rings. The van der Waals surface area contributed by atoms with E-state index in [2.05, 4.69) is 36.7 Å². The van der Waals surface area contributed by atoms with E-state index in [1.165, 1.54) is 5.56 Å². The van der Waals surface area contributed by atoms with E-state index in [9.17, 15) is 14.4 Å². The normalized spacial score (nSPS) is 14.3. The fraction of sp³-hybridized carbons (Fsp3) is 0.565. The first-order valence-electron chi connectivity index (χ1n) is 10.7. The summed E-state index contributed by atoms with van der Waals surface area (Å²) in [6.45, 7) is 8.05. The van der Waals surface area contributed by atoms with Crippen LogP contribution in [-0.2, 0) is 16.0 Å². The summed E-state index contributed by atoms with van der Waals surface area (Å²) in [5.74, 6) is -0.225. The van der Waals surface area contributed by atoms with Crippen molar-refractivity contribution in [1.29, 1.82) is 0 Å². The van der Waals surface area contributed by atoms with Gasteiger partial charge in [0.2, 0.25) is 11.8 Å². The average Bonchev–Trinajstić information content (AvgIpc) is 3.54. The van der Waals surface area contributed by atoms with E-state index in [4.69, 9.17) is 0 Å². The second kappa shape index (κ2) is 11.6. The largest absolute Gasteiger partial charge is 0.353 e. The smallest absolute Gasteiger partial charge is 0.251 e. The lowest BCUT2D eigenvalue weighted by atomic mass is 10.1. The summed E-state index contributed by atoms with van der Waals surface area (Å²) >= 11 is 0. The van der Waals surface area contributed by atoms with E-state index < -0.39 is 6.04 Å². The molecule has 1 atom stereocenters. The molecule has 0 aromatic heterocycles. The van der Waals surface area contributed by atoms with Crippen LogP contribution < -0.4 is 16.0 Å². The molecule has 0 spiro atoms. The number of nitrogens with one attached hydrogen (secondary N) is 3. The predicted octanol–water partition coefficient (Wildman–Crippen LogP) is 2.98. The molecular weight excluding hydrogens is 366 g/mol. The number of aryl methyl sites for hydroxylation is 1. The van der Waals surface area contributed by atoms with Crippen molar-refractivity contribution in [3.8, 4) is 0 Å². The molecule has 2 rings (SSSR count). The molecular formula is C23H34N3O3. The number of carbonyl (C=O) groups excluding carboxylic acids is 3. The van der Waals surface area contributed by atoms with E-state index in [0.717, 1.165) is 38.5 Å². The first-order valence-corrected chi connectivity index (χ1v) is 10.7. The molecule has 0 heterocycles. The van der Waals surface area contributed by atoms with Gasteiger partial charge in [0.15, 0.2) is 0 Å². The van der Waals surface area contributed by atoms with Gasteiger partial charge >= 0.3 is 0 Å². The Kier molecular flexibility index (Phi) is 9.16. The standard InChI is InChI=1S/C23H34N3O3/c1-4-5-6-17-7-9-19(10-8-17)22(28)26-20(15-25-21(27)18-11-12-18)23(29)24-14-13-16(2)3/h7-10,14,16,18,20H,4-6,11-13,15H2,1-3H3,(H,24,29)(H,25,27)(H,26,28)/t20-/m0/s1. The quantitative estimate of drug-likeness (QED) is 0.504. The van der Waals surface area contributed by atoms with E-state index in [-0.39, 0.29) is 30.2 Å². The zero-order valence-corrected chi connectivity index (χ0v) is 17.8. The Balaban J connectivity index is 1.95. The zero-order valence-electron chi connectivity index (χ0n) is 17.8. The maximum Gasteiger partial charge on any atom is 0.251 e. The molecule has 29 heavy (non-hydrogen) atoms. The molecule has 1 aromatic rings. The maximum atomic E-state index is 12.6. The summed E-state index contributed by atoms with van der Waals surface area (Å²) in [5.41, 5.74) is 1.69. The molecule has 0 saturated heterocycles. The monoisotopic (exact) mass is 400 g/mol. The van der Waals surface area contributed by atoms with Gasteiger partial charge < -0.3 is 16.0 Å². The summed E-state index contributed by atoms with van der Waals surface area (Å²) < 4.78 is 0. The molecule has 0 aliphatic heterocycles. The van der Waals surface area contributed by atoms with Gasteiger partial charge in [-0.25, -0.2) is 0 Å². The van der Waals surface area contributed by atoms with Crippen molar-refractivity contribution in [2.24, 2.45) is 11.8 Å². The highest BCUT2D eigenvalue weighted by Gasteiger charge is 2.31. The molecule has 0 bridgehead atoms. The van der Waals surface area contributed by atoms with Gasteiger partial charge in [0.25, 0.3) is 5.91 Å². The van der Waals surface area contributed by atoms with Crippen LogP contribution in [0.1, 0.15) is 68.8 Å². The number of hydrogen-bond donors (Lipinski definition) is 3. The molecule has 0 unspecified atom stereocenters. The highest BCUT2D eigenvalue weighted by molar-refractivity contribution is 5.98. The number of benzene rings is 1. The molecule has 1 saturated carbocycles. The van der Waals surface area contributed by atoms with Crippen LogP contribution in [-0.4, -0.2) is 30.3 Å². The molecule has 3 amide bonds. The minimum Gasteiger partial charge on any atom is -0.353 e. The van der Waals surface area contributed by atoms with Crippen molar-refractivity contribution in [1.82, 2.24) is 16.0 Å². The van der Waals surface area contributed by atoms with Crippen LogP contribution in [0, 0.1) is 18.4 Å². The Morgan fingerprint density at radius 3 is 2.41 bits per heavy atom. The molecule has 1 aromatic carbocycles. The molecule has 6 heteroatoms. The molecule has 1 aliphatic carbocycles.